The maximum atomic E-state index is 8.74. The van der Waals surface area contributed by atoms with Crippen molar-refractivity contribution >= 4 is 15.9 Å². The molecule has 0 fully saturated rings. The maximum absolute atomic E-state index is 8.74. The van der Waals surface area contributed by atoms with Crippen LogP contribution in [-0.2, 0) is 6.42 Å². The number of halogens is 1. The maximum Gasteiger partial charge on any atom is 0.0994 e. The van der Waals surface area contributed by atoms with Crippen molar-refractivity contribution in [3.05, 3.63) is 46.5 Å². The molecule has 0 aliphatic carbocycles. The van der Waals surface area contributed by atoms with Crippen molar-refractivity contribution in [1.29, 1.82) is 5.26 Å². The summed E-state index contributed by atoms with van der Waals surface area (Å²) in [5, 5.41) is 8.74. The second-order valence-electron chi connectivity index (χ2n) is 2.46. The van der Waals surface area contributed by atoms with Gasteiger partial charge in [-0.25, -0.2) is 0 Å². The van der Waals surface area contributed by atoms with E-state index >= 15 is 0 Å². The summed E-state index contributed by atoms with van der Waals surface area (Å²) in [5.41, 5.74) is 1.74. The Balaban J connectivity index is 2.99. The van der Waals surface area contributed by atoms with E-state index in [2.05, 4.69) is 28.6 Å². The number of rotatable bonds is 2. The quantitative estimate of drug-likeness (QED) is 0.754. The first-order valence-electron chi connectivity index (χ1n) is 3.55. The third-order valence-corrected chi connectivity index (χ3v) is 1.80. The number of hydrogen-bond acceptors (Lipinski definition) is 1. The molecule has 0 bridgehead atoms. The molecule has 0 radical (unpaired) electrons. The normalized spacial score (nSPS) is 9.00. The lowest BCUT2D eigenvalue weighted by Crippen LogP contribution is -1.88. The van der Waals surface area contributed by atoms with Crippen LogP contribution in [0.4, 0.5) is 0 Å². The van der Waals surface area contributed by atoms with E-state index in [9.17, 15) is 0 Å². The zero-order valence-electron chi connectivity index (χ0n) is 6.55. The van der Waals surface area contributed by atoms with E-state index in [0.717, 1.165) is 15.6 Å². The summed E-state index contributed by atoms with van der Waals surface area (Å²) in [4.78, 5) is 0. The minimum atomic E-state index is 0.712. The first kappa shape index (κ1) is 9.02. The molecular formula is C10H8BrN. The van der Waals surface area contributed by atoms with Gasteiger partial charge in [0.05, 0.1) is 11.6 Å². The van der Waals surface area contributed by atoms with Crippen LogP contribution in [0.3, 0.4) is 0 Å². The van der Waals surface area contributed by atoms with E-state index in [-0.39, 0.29) is 0 Å². The first-order valence-corrected chi connectivity index (χ1v) is 4.34. The summed E-state index contributed by atoms with van der Waals surface area (Å²) >= 11 is 3.27. The van der Waals surface area contributed by atoms with E-state index in [1.165, 1.54) is 0 Å². The summed E-state index contributed by atoms with van der Waals surface area (Å²) in [5.74, 6) is 0. The molecule has 1 aromatic carbocycles. The SMILES string of the molecule is C=C(Br)Cc1ccccc1C#N. The molecule has 1 rings (SSSR count). The highest BCUT2D eigenvalue weighted by molar-refractivity contribution is 9.11. The Morgan fingerprint density at radius 1 is 1.50 bits per heavy atom. The second kappa shape index (κ2) is 4.08. The van der Waals surface area contributed by atoms with E-state index in [0.29, 0.717) is 6.42 Å². The van der Waals surface area contributed by atoms with Gasteiger partial charge in [0.1, 0.15) is 0 Å². The number of allylic oxidation sites excluding steroid dienone is 1. The van der Waals surface area contributed by atoms with Gasteiger partial charge >= 0.3 is 0 Å². The molecule has 0 unspecified atom stereocenters. The van der Waals surface area contributed by atoms with Gasteiger partial charge in [-0.15, -0.1) is 0 Å². The highest BCUT2D eigenvalue weighted by Gasteiger charge is 1.99. The summed E-state index contributed by atoms with van der Waals surface area (Å²) in [6.45, 7) is 3.73. The molecule has 1 nitrogen and oxygen atoms in total. The van der Waals surface area contributed by atoms with Gasteiger partial charge in [-0.3, -0.25) is 0 Å². The molecule has 0 heterocycles. The average molecular weight is 222 g/mol. The van der Waals surface area contributed by atoms with Crippen molar-refractivity contribution in [3.63, 3.8) is 0 Å². The van der Waals surface area contributed by atoms with Crippen molar-refractivity contribution in [2.45, 2.75) is 6.42 Å². The van der Waals surface area contributed by atoms with Crippen LogP contribution < -0.4 is 0 Å². The zero-order valence-corrected chi connectivity index (χ0v) is 8.13. The second-order valence-corrected chi connectivity index (χ2v) is 3.58. The molecule has 12 heavy (non-hydrogen) atoms. The molecule has 0 aromatic heterocycles. The minimum absolute atomic E-state index is 0.712. The summed E-state index contributed by atoms with van der Waals surface area (Å²) in [6, 6.07) is 9.67. The topological polar surface area (TPSA) is 23.8 Å². The highest BCUT2D eigenvalue weighted by atomic mass is 79.9. The summed E-state index contributed by atoms with van der Waals surface area (Å²) in [7, 11) is 0. The lowest BCUT2D eigenvalue weighted by molar-refractivity contribution is 1.24. The van der Waals surface area contributed by atoms with E-state index in [1.807, 2.05) is 24.3 Å². The van der Waals surface area contributed by atoms with Crippen LogP contribution in [0.1, 0.15) is 11.1 Å². The van der Waals surface area contributed by atoms with Crippen LogP contribution in [0.15, 0.2) is 35.3 Å². The van der Waals surface area contributed by atoms with Crippen molar-refractivity contribution in [3.8, 4) is 6.07 Å². The highest BCUT2D eigenvalue weighted by Crippen LogP contribution is 2.14. The van der Waals surface area contributed by atoms with Crippen molar-refractivity contribution < 1.29 is 0 Å². The smallest absolute Gasteiger partial charge is 0.0994 e. The molecule has 0 spiro atoms. The Labute approximate surface area is 80.5 Å². The number of nitriles is 1. The number of nitrogens with zero attached hydrogens (tertiary/aromatic N) is 1. The Morgan fingerprint density at radius 2 is 2.17 bits per heavy atom. The van der Waals surface area contributed by atoms with Crippen LogP contribution in [-0.4, -0.2) is 0 Å². The molecule has 0 aliphatic heterocycles. The van der Waals surface area contributed by atoms with Crippen molar-refractivity contribution in [2.75, 3.05) is 0 Å². The van der Waals surface area contributed by atoms with Gasteiger partial charge in [-0.2, -0.15) is 5.26 Å². The predicted octanol–water partition coefficient (Wildman–Crippen LogP) is 3.01. The largest absolute Gasteiger partial charge is 0.192 e. The lowest BCUT2D eigenvalue weighted by Gasteiger charge is -2.00. The predicted molar refractivity (Wildman–Crippen MR) is 52.9 cm³/mol. The van der Waals surface area contributed by atoms with Crippen molar-refractivity contribution in [2.24, 2.45) is 0 Å². The van der Waals surface area contributed by atoms with Gasteiger partial charge < -0.3 is 0 Å². The third-order valence-electron chi connectivity index (χ3n) is 1.52. The van der Waals surface area contributed by atoms with Gasteiger partial charge in [-0.1, -0.05) is 40.7 Å². The van der Waals surface area contributed by atoms with Crippen LogP contribution in [0, 0.1) is 11.3 Å². The van der Waals surface area contributed by atoms with Crippen LogP contribution in [0.25, 0.3) is 0 Å². The van der Waals surface area contributed by atoms with Gasteiger partial charge in [0, 0.05) is 6.42 Å². The Hall–Kier alpha value is -1.07. The summed E-state index contributed by atoms with van der Waals surface area (Å²) in [6.07, 6.45) is 0.712. The Morgan fingerprint density at radius 3 is 2.75 bits per heavy atom. The fraction of sp³-hybridized carbons (Fsp3) is 0.100. The standard InChI is InChI=1S/C10H8BrN/c1-8(11)6-9-4-2-3-5-10(9)7-12/h2-5H,1,6H2. The number of hydrogen-bond donors (Lipinski definition) is 0. The van der Waals surface area contributed by atoms with Gasteiger partial charge in [0.15, 0.2) is 0 Å². The van der Waals surface area contributed by atoms with Gasteiger partial charge in [0.2, 0.25) is 0 Å². The Bertz CT molecular complexity index is 336. The van der Waals surface area contributed by atoms with Crippen LogP contribution in [0.5, 0.6) is 0 Å². The third kappa shape index (κ3) is 2.21. The molecule has 0 saturated heterocycles. The fourth-order valence-corrected chi connectivity index (χ4v) is 1.29. The molecule has 2 heteroatoms. The molecule has 0 atom stereocenters. The summed E-state index contributed by atoms with van der Waals surface area (Å²) < 4.78 is 0.894. The molecular weight excluding hydrogens is 214 g/mol. The van der Waals surface area contributed by atoms with Gasteiger partial charge in [-0.05, 0) is 16.1 Å². The van der Waals surface area contributed by atoms with Gasteiger partial charge in [0.25, 0.3) is 0 Å². The molecule has 60 valence electrons. The van der Waals surface area contributed by atoms with E-state index in [1.54, 1.807) is 0 Å². The fourth-order valence-electron chi connectivity index (χ4n) is 0.990. The molecule has 0 saturated carbocycles. The lowest BCUT2D eigenvalue weighted by atomic mass is 10.1. The van der Waals surface area contributed by atoms with Crippen molar-refractivity contribution in [1.82, 2.24) is 0 Å². The molecule has 0 aliphatic rings. The average Bonchev–Trinajstić information content (AvgIpc) is 2.04. The van der Waals surface area contributed by atoms with Crippen LogP contribution >= 0.6 is 15.9 Å². The van der Waals surface area contributed by atoms with E-state index < -0.39 is 0 Å². The minimum Gasteiger partial charge on any atom is -0.192 e. The zero-order chi connectivity index (χ0) is 8.97. The van der Waals surface area contributed by atoms with E-state index in [4.69, 9.17) is 5.26 Å². The molecule has 0 amide bonds. The Kier molecular flexibility index (Phi) is 3.07. The first-order chi connectivity index (χ1) is 5.74. The molecule has 0 N–H and O–H groups in total. The monoisotopic (exact) mass is 221 g/mol. The number of benzene rings is 1. The van der Waals surface area contributed by atoms with Crippen LogP contribution in [0.2, 0.25) is 0 Å². The molecule has 1 aromatic rings.